The van der Waals surface area contributed by atoms with Gasteiger partial charge in [-0.05, 0) is 23.8 Å². The second kappa shape index (κ2) is 7.56. The summed E-state index contributed by atoms with van der Waals surface area (Å²) in [4.78, 5) is 40.0. The van der Waals surface area contributed by atoms with Crippen molar-refractivity contribution >= 4 is 22.7 Å². The van der Waals surface area contributed by atoms with Gasteiger partial charge < -0.3 is 0 Å². The van der Waals surface area contributed by atoms with Gasteiger partial charge >= 0.3 is 0 Å². The molecule has 132 valence electrons. The van der Waals surface area contributed by atoms with E-state index in [0.717, 1.165) is 16.2 Å². The number of hydrogen-bond acceptors (Lipinski definition) is 4. The van der Waals surface area contributed by atoms with Crippen molar-refractivity contribution in [2.24, 2.45) is 0 Å². The van der Waals surface area contributed by atoms with Crippen LogP contribution in [0.15, 0.2) is 59.7 Å². The molecule has 0 radical (unpaired) electrons. The summed E-state index contributed by atoms with van der Waals surface area (Å²) in [5, 5.41) is 0.0772. The third kappa shape index (κ3) is 4.10. The topological polar surface area (TPSA) is 93.1 Å². The van der Waals surface area contributed by atoms with E-state index < -0.39 is 23.2 Å². The predicted octanol–water partition coefficient (Wildman–Crippen LogP) is 0.926. The van der Waals surface area contributed by atoms with Gasteiger partial charge in [0, 0.05) is 0 Å². The van der Waals surface area contributed by atoms with Gasteiger partial charge in [0.05, 0.1) is 23.7 Å². The first-order chi connectivity index (χ1) is 12.5. The molecule has 1 aromatic heterocycles. The van der Waals surface area contributed by atoms with Crippen LogP contribution in [0.2, 0.25) is 0 Å². The lowest BCUT2D eigenvalue weighted by Crippen LogP contribution is -2.44. The Bertz CT molecular complexity index is 1020. The highest BCUT2D eigenvalue weighted by molar-refractivity contribution is 5.83. The van der Waals surface area contributed by atoms with Crippen molar-refractivity contribution in [3.8, 4) is 0 Å². The molecule has 0 aliphatic rings. The minimum Gasteiger partial charge on any atom is -0.289 e. The van der Waals surface area contributed by atoms with Crippen LogP contribution in [0.25, 0.3) is 10.9 Å². The van der Waals surface area contributed by atoms with Gasteiger partial charge in [-0.3, -0.25) is 29.8 Å². The van der Waals surface area contributed by atoms with Gasteiger partial charge in [-0.15, -0.1) is 0 Å². The van der Waals surface area contributed by atoms with Crippen molar-refractivity contribution in [2.45, 2.75) is 13.0 Å². The van der Waals surface area contributed by atoms with Gasteiger partial charge in [0.2, 0.25) is 5.91 Å². The zero-order valence-corrected chi connectivity index (χ0v) is 13.6. The fourth-order valence-corrected chi connectivity index (χ4v) is 2.40. The zero-order chi connectivity index (χ0) is 18.5. The average molecular weight is 354 g/mol. The summed E-state index contributed by atoms with van der Waals surface area (Å²) in [5.74, 6) is -1.56. The third-order valence-corrected chi connectivity index (χ3v) is 3.65. The largest absolute Gasteiger partial charge is 0.289 e. The molecule has 2 amide bonds. The fourth-order valence-electron chi connectivity index (χ4n) is 2.40. The van der Waals surface area contributed by atoms with Crippen LogP contribution in [-0.2, 0) is 22.6 Å². The zero-order valence-electron chi connectivity index (χ0n) is 13.6. The molecule has 3 rings (SSSR count). The Morgan fingerprint density at radius 1 is 1.04 bits per heavy atom. The number of halogens is 1. The smallest absolute Gasteiger partial charge is 0.261 e. The van der Waals surface area contributed by atoms with Crippen LogP contribution in [0.1, 0.15) is 5.56 Å². The van der Waals surface area contributed by atoms with E-state index in [-0.39, 0.29) is 18.4 Å². The first-order valence-corrected chi connectivity index (χ1v) is 7.79. The molecule has 0 saturated carbocycles. The van der Waals surface area contributed by atoms with Crippen LogP contribution < -0.4 is 16.4 Å². The monoisotopic (exact) mass is 354 g/mol. The molecule has 26 heavy (non-hydrogen) atoms. The van der Waals surface area contributed by atoms with E-state index in [1.165, 1.54) is 18.5 Å². The standard InChI is InChI=1S/C18H15FN4O3/c19-13-6-7-15-14(9-13)18(26)23(11-20-15)10-17(25)22-21-16(24)8-12-4-2-1-3-5-12/h1-7,9,11H,8,10H2,(H,21,24)(H,22,25). The molecule has 8 heteroatoms. The van der Waals surface area contributed by atoms with Crippen molar-refractivity contribution in [3.05, 3.63) is 76.6 Å². The van der Waals surface area contributed by atoms with Crippen LogP contribution >= 0.6 is 0 Å². The second-order valence-corrected chi connectivity index (χ2v) is 5.60. The van der Waals surface area contributed by atoms with Crippen molar-refractivity contribution < 1.29 is 14.0 Å². The summed E-state index contributed by atoms with van der Waals surface area (Å²) >= 11 is 0. The molecule has 0 aliphatic heterocycles. The van der Waals surface area contributed by atoms with Crippen LogP contribution in [0.5, 0.6) is 0 Å². The molecule has 1 heterocycles. The molecule has 0 fully saturated rings. The lowest BCUT2D eigenvalue weighted by atomic mass is 10.1. The number of carbonyl (C=O) groups is 2. The van der Waals surface area contributed by atoms with Crippen molar-refractivity contribution in [1.29, 1.82) is 0 Å². The Balaban J connectivity index is 1.61. The Morgan fingerprint density at radius 2 is 1.77 bits per heavy atom. The average Bonchev–Trinajstić information content (AvgIpc) is 2.64. The maximum Gasteiger partial charge on any atom is 0.261 e. The number of amides is 2. The van der Waals surface area contributed by atoms with Gasteiger partial charge in [0.25, 0.3) is 11.5 Å². The van der Waals surface area contributed by atoms with Gasteiger partial charge in [-0.2, -0.15) is 0 Å². The van der Waals surface area contributed by atoms with Gasteiger partial charge in [0.1, 0.15) is 12.4 Å². The number of hydrogen-bond donors (Lipinski definition) is 2. The number of nitrogens with zero attached hydrogens (tertiary/aromatic N) is 2. The third-order valence-electron chi connectivity index (χ3n) is 3.65. The molecule has 2 aromatic carbocycles. The summed E-state index contributed by atoms with van der Waals surface area (Å²) in [6.45, 7) is -0.357. The summed E-state index contributed by atoms with van der Waals surface area (Å²) < 4.78 is 14.3. The SMILES string of the molecule is O=C(Cc1ccccc1)NNC(=O)Cn1cnc2ccc(F)cc2c1=O. The van der Waals surface area contributed by atoms with E-state index in [2.05, 4.69) is 15.8 Å². The lowest BCUT2D eigenvalue weighted by molar-refractivity contribution is -0.128. The van der Waals surface area contributed by atoms with Crippen LogP contribution in [0, 0.1) is 5.82 Å². The molecule has 7 nitrogen and oxygen atoms in total. The Morgan fingerprint density at radius 3 is 2.54 bits per heavy atom. The molecule has 0 unspecified atom stereocenters. The second-order valence-electron chi connectivity index (χ2n) is 5.60. The molecule has 0 bridgehead atoms. The molecule has 3 aromatic rings. The van der Waals surface area contributed by atoms with Crippen molar-refractivity contribution in [2.75, 3.05) is 0 Å². The van der Waals surface area contributed by atoms with E-state index in [9.17, 15) is 18.8 Å². The normalized spacial score (nSPS) is 10.5. The summed E-state index contributed by atoms with van der Waals surface area (Å²) in [6, 6.07) is 12.7. The summed E-state index contributed by atoms with van der Waals surface area (Å²) in [6.07, 6.45) is 1.31. The van der Waals surface area contributed by atoms with E-state index in [0.29, 0.717) is 5.52 Å². The first-order valence-electron chi connectivity index (χ1n) is 7.79. The minimum absolute atomic E-state index is 0.0772. The van der Waals surface area contributed by atoms with Gasteiger partial charge in [-0.25, -0.2) is 9.37 Å². The highest BCUT2D eigenvalue weighted by Gasteiger charge is 2.10. The summed E-state index contributed by atoms with van der Waals surface area (Å²) in [7, 11) is 0. The highest BCUT2D eigenvalue weighted by atomic mass is 19.1. The van der Waals surface area contributed by atoms with E-state index in [4.69, 9.17) is 0 Å². The minimum atomic E-state index is -0.605. The van der Waals surface area contributed by atoms with Crippen molar-refractivity contribution in [3.63, 3.8) is 0 Å². The van der Waals surface area contributed by atoms with E-state index in [1.54, 1.807) is 12.1 Å². The summed E-state index contributed by atoms with van der Waals surface area (Å²) in [5.41, 5.74) is 5.12. The van der Waals surface area contributed by atoms with Crippen LogP contribution in [-0.4, -0.2) is 21.4 Å². The molecule has 0 spiro atoms. The molecular weight excluding hydrogens is 339 g/mol. The van der Waals surface area contributed by atoms with Crippen LogP contribution in [0.4, 0.5) is 4.39 Å². The number of carbonyl (C=O) groups excluding carboxylic acids is 2. The number of hydrazine groups is 1. The quantitative estimate of drug-likeness (QED) is 0.682. The number of aromatic nitrogens is 2. The Hall–Kier alpha value is -3.55. The first kappa shape index (κ1) is 17.3. The van der Waals surface area contributed by atoms with Crippen molar-refractivity contribution in [1.82, 2.24) is 20.4 Å². The molecule has 0 saturated heterocycles. The number of benzene rings is 2. The molecule has 0 aliphatic carbocycles. The maximum absolute atomic E-state index is 13.3. The molecular formula is C18H15FN4O3. The lowest BCUT2D eigenvalue weighted by Gasteiger charge is -2.09. The predicted molar refractivity (Wildman–Crippen MR) is 92.4 cm³/mol. The Labute approximate surface area is 147 Å². The van der Waals surface area contributed by atoms with Crippen LogP contribution in [0.3, 0.4) is 0 Å². The molecule has 0 atom stereocenters. The van der Waals surface area contributed by atoms with E-state index >= 15 is 0 Å². The van der Waals surface area contributed by atoms with Gasteiger partial charge in [0.15, 0.2) is 0 Å². The Kier molecular flexibility index (Phi) is 5.02. The number of nitrogens with one attached hydrogen (secondary N) is 2. The van der Waals surface area contributed by atoms with Gasteiger partial charge in [-0.1, -0.05) is 30.3 Å². The van der Waals surface area contributed by atoms with E-state index in [1.807, 2.05) is 18.2 Å². The highest BCUT2D eigenvalue weighted by Crippen LogP contribution is 2.08. The number of fused-ring (bicyclic) bond motifs is 1. The maximum atomic E-state index is 13.3. The fraction of sp³-hybridized carbons (Fsp3) is 0.111. The number of rotatable bonds is 4. The molecule has 2 N–H and O–H groups in total.